The van der Waals surface area contributed by atoms with Crippen molar-refractivity contribution in [3.63, 3.8) is 0 Å². The van der Waals surface area contributed by atoms with Crippen LogP contribution in [0.25, 0.3) is 21.5 Å². The first-order valence-corrected chi connectivity index (χ1v) is 17.5. The van der Waals surface area contributed by atoms with Gasteiger partial charge in [-0.3, -0.25) is 9.71 Å². The maximum Gasteiger partial charge on any atom is 0.323 e. The number of aromatic nitrogens is 2. The molecule has 0 fully saturated rings. The van der Waals surface area contributed by atoms with Gasteiger partial charge in [0.15, 0.2) is 5.75 Å². The second-order valence-corrected chi connectivity index (χ2v) is 14.9. The molecule has 0 radical (unpaired) electrons. The third-order valence-electron chi connectivity index (χ3n) is 7.04. The van der Waals surface area contributed by atoms with Gasteiger partial charge in [-0.05, 0) is 55.4 Å². The zero-order chi connectivity index (χ0) is 33.9. The number of hydrogen-bond donors (Lipinski definition) is 3. The number of anilines is 3. The van der Waals surface area contributed by atoms with Crippen LogP contribution < -0.4 is 24.8 Å². The van der Waals surface area contributed by atoms with Crippen molar-refractivity contribution in [2.75, 3.05) is 42.8 Å². The van der Waals surface area contributed by atoms with Gasteiger partial charge in [0.05, 0.1) is 36.1 Å². The van der Waals surface area contributed by atoms with Crippen LogP contribution >= 0.6 is 11.3 Å². The number of hydrogen-bond acceptors (Lipinski definition) is 9. The minimum Gasteiger partial charge on any atom is -0.492 e. The number of methoxy groups -OCH3 is 1. The topological polar surface area (TPSA) is 135 Å². The number of pyridine rings is 1. The van der Waals surface area contributed by atoms with Crippen LogP contribution in [0.3, 0.4) is 0 Å². The number of sulfonamides is 1. The van der Waals surface area contributed by atoms with E-state index in [0.717, 1.165) is 45.5 Å². The number of urea groups is 1. The number of amides is 2. The molecule has 2 aromatic heterocycles. The Morgan fingerprint density at radius 2 is 1.66 bits per heavy atom. The number of fused-ring (bicyclic) bond motifs is 1. The molecule has 0 aliphatic rings. The normalized spacial score (nSPS) is 11.8. The summed E-state index contributed by atoms with van der Waals surface area (Å²) in [5, 5.41) is 10.2. The third kappa shape index (κ3) is 8.36. The summed E-state index contributed by atoms with van der Waals surface area (Å²) in [6.07, 6.45) is 2.75. The Morgan fingerprint density at radius 3 is 2.34 bits per heavy atom. The molecule has 0 spiro atoms. The molecule has 0 saturated carbocycles. The van der Waals surface area contributed by atoms with Crippen molar-refractivity contribution < 1.29 is 22.7 Å². The number of nitrogens with one attached hydrogen (secondary N) is 3. The summed E-state index contributed by atoms with van der Waals surface area (Å²) in [4.78, 5) is 24.7. The average Bonchev–Trinajstić information content (AvgIpc) is 3.45. The molecule has 2 heterocycles. The molecule has 2 amide bonds. The van der Waals surface area contributed by atoms with Crippen molar-refractivity contribution >= 4 is 55.2 Å². The first-order chi connectivity index (χ1) is 22.2. The Kier molecular flexibility index (Phi) is 9.70. The maximum atomic E-state index is 13.4. The Labute approximate surface area is 279 Å². The summed E-state index contributed by atoms with van der Waals surface area (Å²) in [5.41, 5.74) is 3.25. The van der Waals surface area contributed by atoms with E-state index in [2.05, 4.69) is 25.2 Å². The van der Waals surface area contributed by atoms with Gasteiger partial charge in [0.2, 0.25) is 10.0 Å². The summed E-state index contributed by atoms with van der Waals surface area (Å²) >= 11 is 1.54. The molecule has 0 atom stereocenters. The highest BCUT2D eigenvalue weighted by atomic mass is 32.2. The van der Waals surface area contributed by atoms with Gasteiger partial charge >= 0.3 is 6.03 Å². The quantitative estimate of drug-likeness (QED) is 0.138. The van der Waals surface area contributed by atoms with Crippen LogP contribution in [0.5, 0.6) is 17.2 Å². The molecule has 3 N–H and O–H groups in total. The largest absolute Gasteiger partial charge is 0.492 e. The minimum absolute atomic E-state index is 0.190. The number of rotatable bonds is 10. The second kappa shape index (κ2) is 13.6. The Morgan fingerprint density at radius 1 is 0.957 bits per heavy atom. The molecule has 11 nitrogen and oxygen atoms in total. The Bertz CT molecular complexity index is 2040. The fourth-order valence-electron chi connectivity index (χ4n) is 4.94. The number of ether oxygens (including phenoxy) is 2. The standard InChI is InChI=1S/C34H38N6O5S2/c1-34(2,3)21-16-27(31(44-6)28(17-21)39-47(7,42)43)38-33(41)37-26-12-13-30(25-11-9-8-10-24(25)26)45-23-14-15-35-29(18-23)32-36-22(20-46-32)19-40(4)5/h8-18,20,39H,19H2,1-7H3,(H2,37,38,41). The predicted molar refractivity (Wildman–Crippen MR) is 190 cm³/mol. The molecule has 13 heteroatoms. The van der Waals surface area contributed by atoms with Crippen LogP contribution in [0.2, 0.25) is 0 Å². The van der Waals surface area contributed by atoms with Gasteiger partial charge < -0.3 is 25.0 Å². The van der Waals surface area contributed by atoms with Crippen molar-refractivity contribution in [2.24, 2.45) is 0 Å². The van der Waals surface area contributed by atoms with E-state index in [0.29, 0.717) is 22.9 Å². The van der Waals surface area contributed by atoms with Gasteiger partial charge in [0.25, 0.3) is 0 Å². The van der Waals surface area contributed by atoms with Gasteiger partial charge in [-0.1, -0.05) is 45.0 Å². The summed E-state index contributed by atoms with van der Waals surface area (Å²) in [6, 6.07) is 17.8. The van der Waals surface area contributed by atoms with Gasteiger partial charge in [-0.15, -0.1) is 11.3 Å². The lowest BCUT2D eigenvalue weighted by Crippen LogP contribution is -2.22. The van der Waals surface area contributed by atoms with Crippen LogP contribution in [0, 0.1) is 0 Å². The molecule has 0 saturated heterocycles. The minimum atomic E-state index is -3.61. The lowest BCUT2D eigenvalue weighted by atomic mass is 9.86. The van der Waals surface area contributed by atoms with Gasteiger partial charge in [0, 0.05) is 35.0 Å². The highest BCUT2D eigenvalue weighted by molar-refractivity contribution is 7.92. The number of carbonyl (C=O) groups excluding carboxylic acids is 1. The van der Waals surface area contributed by atoms with E-state index in [1.165, 1.54) is 18.4 Å². The fraction of sp³-hybridized carbons (Fsp3) is 0.265. The highest BCUT2D eigenvalue weighted by Crippen LogP contribution is 2.40. The monoisotopic (exact) mass is 674 g/mol. The van der Waals surface area contributed by atoms with Gasteiger partial charge in [-0.25, -0.2) is 18.2 Å². The second-order valence-electron chi connectivity index (χ2n) is 12.3. The molecule has 3 aromatic carbocycles. The van der Waals surface area contributed by atoms with E-state index in [9.17, 15) is 13.2 Å². The summed E-state index contributed by atoms with van der Waals surface area (Å²) in [6.45, 7) is 6.72. The number of nitrogens with zero attached hydrogens (tertiary/aromatic N) is 3. The molecule has 0 unspecified atom stereocenters. The smallest absolute Gasteiger partial charge is 0.323 e. The third-order valence-corrected chi connectivity index (χ3v) is 8.55. The van der Waals surface area contributed by atoms with Crippen LogP contribution in [0.1, 0.15) is 32.0 Å². The van der Waals surface area contributed by atoms with Crippen molar-refractivity contribution in [3.05, 3.63) is 83.5 Å². The van der Waals surface area contributed by atoms with Gasteiger partial charge in [0.1, 0.15) is 22.2 Å². The summed E-state index contributed by atoms with van der Waals surface area (Å²) < 4.78 is 38.6. The first kappa shape index (κ1) is 33.6. The molecule has 5 rings (SSSR count). The molecular formula is C34H38N6O5S2. The van der Waals surface area contributed by atoms with Crippen LogP contribution in [0.4, 0.5) is 21.9 Å². The van der Waals surface area contributed by atoms with Crippen molar-refractivity contribution in [1.29, 1.82) is 0 Å². The van der Waals surface area contributed by atoms with E-state index in [4.69, 9.17) is 14.5 Å². The Balaban J connectivity index is 1.40. The van der Waals surface area contributed by atoms with Crippen molar-refractivity contribution in [1.82, 2.24) is 14.9 Å². The van der Waals surface area contributed by atoms with Crippen molar-refractivity contribution in [3.8, 4) is 28.0 Å². The van der Waals surface area contributed by atoms with Crippen LogP contribution in [0.15, 0.2) is 72.2 Å². The van der Waals surface area contributed by atoms with Gasteiger partial charge in [-0.2, -0.15) is 0 Å². The Hall–Kier alpha value is -4.72. The zero-order valence-electron chi connectivity index (χ0n) is 27.3. The predicted octanol–water partition coefficient (Wildman–Crippen LogP) is 7.53. The molecule has 0 aliphatic carbocycles. The zero-order valence-corrected chi connectivity index (χ0v) is 29.0. The van der Waals surface area contributed by atoms with E-state index in [-0.39, 0.29) is 16.9 Å². The lowest BCUT2D eigenvalue weighted by Gasteiger charge is -2.24. The number of carbonyl (C=O) groups is 1. The maximum absolute atomic E-state index is 13.4. The summed E-state index contributed by atoms with van der Waals surface area (Å²) in [7, 11) is 1.81. The number of benzene rings is 3. The highest BCUT2D eigenvalue weighted by Gasteiger charge is 2.22. The van der Waals surface area contributed by atoms with E-state index >= 15 is 0 Å². The molecule has 246 valence electrons. The molecule has 5 aromatic rings. The molecule has 0 bridgehead atoms. The van der Waals surface area contributed by atoms with E-state index in [1.807, 2.05) is 70.6 Å². The van der Waals surface area contributed by atoms with Crippen LogP contribution in [-0.2, 0) is 22.0 Å². The number of thiazole rings is 1. The molecule has 47 heavy (non-hydrogen) atoms. The molecule has 0 aliphatic heterocycles. The fourth-order valence-corrected chi connectivity index (χ4v) is 6.26. The van der Waals surface area contributed by atoms with Crippen LogP contribution in [-0.4, -0.2) is 56.8 Å². The van der Waals surface area contributed by atoms with E-state index in [1.54, 1.807) is 36.5 Å². The van der Waals surface area contributed by atoms with E-state index < -0.39 is 16.1 Å². The summed E-state index contributed by atoms with van der Waals surface area (Å²) in [5.74, 6) is 1.40. The van der Waals surface area contributed by atoms with Crippen molar-refractivity contribution in [2.45, 2.75) is 32.7 Å². The lowest BCUT2D eigenvalue weighted by molar-refractivity contribution is 0.262. The SMILES string of the molecule is COc1c(NC(=O)Nc2ccc(Oc3ccnc(-c4nc(CN(C)C)cs4)c3)c3ccccc23)cc(C(C)(C)C)cc1NS(C)(=O)=O. The molecular weight excluding hydrogens is 637 g/mol. The average molecular weight is 675 g/mol. The first-order valence-electron chi connectivity index (χ1n) is 14.7.